The van der Waals surface area contributed by atoms with Crippen LogP contribution in [-0.2, 0) is 6.42 Å². The van der Waals surface area contributed by atoms with Crippen molar-refractivity contribution in [2.24, 2.45) is 5.73 Å². The van der Waals surface area contributed by atoms with Gasteiger partial charge in [0.05, 0.1) is 0 Å². The van der Waals surface area contributed by atoms with Gasteiger partial charge in [0, 0.05) is 18.6 Å². The molecule has 2 N–H and O–H groups in total. The molecule has 96 valence electrons. The van der Waals surface area contributed by atoms with E-state index >= 15 is 0 Å². The molecule has 0 aliphatic rings. The van der Waals surface area contributed by atoms with Crippen molar-refractivity contribution < 1.29 is 0 Å². The van der Waals surface area contributed by atoms with E-state index < -0.39 is 0 Å². The minimum Gasteiger partial charge on any atom is -0.329 e. The lowest BCUT2D eigenvalue weighted by Crippen LogP contribution is -2.47. The quantitative estimate of drug-likeness (QED) is 0.848. The van der Waals surface area contributed by atoms with Crippen LogP contribution in [0, 0.1) is 13.8 Å². The Bertz CT molecular complexity index is 369. The second kappa shape index (κ2) is 5.65. The summed E-state index contributed by atoms with van der Waals surface area (Å²) < 4.78 is 0. The first-order valence-corrected chi connectivity index (χ1v) is 6.34. The number of hydrogen-bond acceptors (Lipinski definition) is 2. The summed E-state index contributed by atoms with van der Waals surface area (Å²) in [5, 5.41) is 0. The van der Waals surface area contributed by atoms with Gasteiger partial charge >= 0.3 is 0 Å². The fourth-order valence-electron chi connectivity index (χ4n) is 1.82. The van der Waals surface area contributed by atoms with E-state index in [1.165, 1.54) is 16.7 Å². The average molecular weight is 234 g/mol. The normalized spacial score (nSPS) is 12.2. The first-order valence-electron chi connectivity index (χ1n) is 6.34. The number of nitrogens with zero attached hydrogens (tertiary/aromatic N) is 1. The Morgan fingerprint density at radius 1 is 1.24 bits per heavy atom. The van der Waals surface area contributed by atoms with E-state index in [-0.39, 0.29) is 5.54 Å². The highest BCUT2D eigenvalue weighted by molar-refractivity contribution is 5.30. The van der Waals surface area contributed by atoms with E-state index in [2.05, 4.69) is 57.8 Å². The van der Waals surface area contributed by atoms with Crippen molar-refractivity contribution in [1.82, 2.24) is 4.90 Å². The van der Waals surface area contributed by atoms with Gasteiger partial charge in [0.2, 0.25) is 0 Å². The van der Waals surface area contributed by atoms with Crippen LogP contribution in [0.2, 0.25) is 0 Å². The van der Waals surface area contributed by atoms with Gasteiger partial charge in [0.15, 0.2) is 0 Å². The zero-order valence-electron chi connectivity index (χ0n) is 11.9. The van der Waals surface area contributed by atoms with Gasteiger partial charge in [-0.05, 0) is 52.3 Å². The van der Waals surface area contributed by atoms with Gasteiger partial charge in [0.25, 0.3) is 0 Å². The predicted octanol–water partition coefficient (Wildman–Crippen LogP) is 2.52. The molecule has 0 heterocycles. The maximum atomic E-state index is 5.79. The number of benzene rings is 1. The second-order valence-corrected chi connectivity index (χ2v) is 5.62. The lowest BCUT2D eigenvalue weighted by Gasteiger charge is -2.34. The van der Waals surface area contributed by atoms with E-state index in [1.54, 1.807) is 0 Å². The number of hydrogen-bond donors (Lipinski definition) is 1. The average Bonchev–Trinajstić information content (AvgIpc) is 2.29. The SMILES string of the molecule is Cc1ccc(C)c(CCN(C)C(C)(C)CN)c1. The van der Waals surface area contributed by atoms with Gasteiger partial charge in [-0.25, -0.2) is 0 Å². The van der Waals surface area contributed by atoms with Crippen LogP contribution in [0.1, 0.15) is 30.5 Å². The van der Waals surface area contributed by atoms with Crippen molar-refractivity contribution in [3.63, 3.8) is 0 Å². The van der Waals surface area contributed by atoms with E-state index in [9.17, 15) is 0 Å². The Hall–Kier alpha value is -0.860. The van der Waals surface area contributed by atoms with Gasteiger partial charge in [-0.2, -0.15) is 0 Å². The highest BCUT2D eigenvalue weighted by atomic mass is 15.2. The first kappa shape index (κ1) is 14.2. The van der Waals surface area contributed by atoms with Gasteiger partial charge in [-0.3, -0.25) is 4.90 Å². The number of rotatable bonds is 5. The van der Waals surface area contributed by atoms with E-state index in [0.717, 1.165) is 13.0 Å². The van der Waals surface area contributed by atoms with Crippen LogP contribution in [0.25, 0.3) is 0 Å². The van der Waals surface area contributed by atoms with Crippen LogP contribution in [0.5, 0.6) is 0 Å². The van der Waals surface area contributed by atoms with Crippen molar-refractivity contribution >= 4 is 0 Å². The molecule has 0 saturated carbocycles. The molecule has 1 rings (SSSR count). The lowest BCUT2D eigenvalue weighted by molar-refractivity contribution is 0.166. The van der Waals surface area contributed by atoms with Crippen LogP contribution in [0.3, 0.4) is 0 Å². The molecule has 17 heavy (non-hydrogen) atoms. The minimum atomic E-state index is 0.0811. The Balaban J connectivity index is 2.64. The van der Waals surface area contributed by atoms with Gasteiger partial charge in [-0.1, -0.05) is 23.8 Å². The van der Waals surface area contributed by atoms with Crippen LogP contribution >= 0.6 is 0 Å². The Morgan fingerprint density at radius 2 is 1.88 bits per heavy atom. The molecule has 0 aliphatic heterocycles. The lowest BCUT2D eigenvalue weighted by atomic mass is 10.00. The molecule has 0 amide bonds. The van der Waals surface area contributed by atoms with E-state index in [0.29, 0.717) is 6.54 Å². The molecule has 0 unspecified atom stereocenters. The molecule has 2 heteroatoms. The molecule has 0 bridgehead atoms. The van der Waals surface area contributed by atoms with E-state index in [4.69, 9.17) is 5.73 Å². The summed E-state index contributed by atoms with van der Waals surface area (Å²) in [5.41, 5.74) is 10.0. The summed E-state index contributed by atoms with van der Waals surface area (Å²) in [6, 6.07) is 6.67. The predicted molar refractivity (Wildman–Crippen MR) is 75.4 cm³/mol. The molecule has 2 nitrogen and oxygen atoms in total. The van der Waals surface area contributed by atoms with Crippen LogP contribution in [-0.4, -0.2) is 30.6 Å². The third-order valence-electron chi connectivity index (χ3n) is 3.75. The Labute approximate surface area is 106 Å². The molecule has 0 fully saturated rings. The van der Waals surface area contributed by atoms with Crippen molar-refractivity contribution in [3.05, 3.63) is 34.9 Å². The van der Waals surface area contributed by atoms with Gasteiger partial charge in [-0.15, -0.1) is 0 Å². The van der Waals surface area contributed by atoms with Crippen LogP contribution in [0.4, 0.5) is 0 Å². The molecule has 0 radical (unpaired) electrons. The molecular formula is C15H26N2. The molecule has 0 saturated heterocycles. The van der Waals surface area contributed by atoms with Gasteiger partial charge in [0.1, 0.15) is 0 Å². The van der Waals surface area contributed by atoms with Crippen molar-refractivity contribution in [2.45, 2.75) is 39.7 Å². The molecular weight excluding hydrogens is 208 g/mol. The Kier molecular flexibility index (Phi) is 4.72. The van der Waals surface area contributed by atoms with Crippen LogP contribution < -0.4 is 5.73 Å². The zero-order valence-corrected chi connectivity index (χ0v) is 11.9. The standard InChI is InChI=1S/C15H26N2/c1-12-6-7-13(2)14(10-12)8-9-17(5)15(3,4)11-16/h6-7,10H,8-9,11,16H2,1-5H3. The Morgan fingerprint density at radius 3 is 2.47 bits per heavy atom. The highest BCUT2D eigenvalue weighted by Crippen LogP contribution is 2.15. The molecule has 0 atom stereocenters. The highest BCUT2D eigenvalue weighted by Gasteiger charge is 2.20. The fourth-order valence-corrected chi connectivity index (χ4v) is 1.82. The summed E-state index contributed by atoms with van der Waals surface area (Å²) in [4.78, 5) is 2.34. The molecule has 1 aromatic carbocycles. The topological polar surface area (TPSA) is 29.3 Å². The van der Waals surface area contributed by atoms with E-state index in [1.807, 2.05) is 0 Å². The monoisotopic (exact) mass is 234 g/mol. The van der Waals surface area contributed by atoms with Crippen molar-refractivity contribution in [1.29, 1.82) is 0 Å². The maximum absolute atomic E-state index is 5.79. The summed E-state index contributed by atoms with van der Waals surface area (Å²) in [5.74, 6) is 0. The molecule has 0 aromatic heterocycles. The zero-order chi connectivity index (χ0) is 13.1. The summed E-state index contributed by atoms with van der Waals surface area (Å²) in [7, 11) is 2.15. The third kappa shape index (κ3) is 3.83. The summed E-state index contributed by atoms with van der Waals surface area (Å²) in [6.07, 6.45) is 1.09. The molecule has 1 aromatic rings. The molecule has 0 aliphatic carbocycles. The smallest absolute Gasteiger partial charge is 0.0272 e. The first-order chi connectivity index (χ1) is 7.86. The number of likely N-dealkylation sites (N-methyl/N-ethyl adjacent to an activating group) is 1. The maximum Gasteiger partial charge on any atom is 0.0272 e. The van der Waals surface area contributed by atoms with Crippen molar-refractivity contribution in [2.75, 3.05) is 20.1 Å². The van der Waals surface area contributed by atoms with Crippen LogP contribution in [0.15, 0.2) is 18.2 Å². The second-order valence-electron chi connectivity index (χ2n) is 5.62. The van der Waals surface area contributed by atoms with Gasteiger partial charge < -0.3 is 5.73 Å². The minimum absolute atomic E-state index is 0.0811. The summed E-state index contributed by atoms with van der Waals surface area (Å²) in [6.45, 7) is 10.5. The third-order valence-corrected chi connectivity index (χ3v) is 3.75. The number of nitrogens with two attached hydrogens (primary N) is 1. The number of aryl methyl sites for hydroxylation is 2. The molecule has 0 spiro atoms. The fraction of sp³-hybridized carbons (Fsp3) is 0.600. The largest absolute Gasteiger partial charge is 0.329 e. The van der Waals surface area contributed by atoms with Crippen molar-refractivity contribution in [3.8, 4) is 0 Å². The summed E-state index contributed by atoms with van der Waals surface area (Å²) >= 11 is 0.